The largest absolute Gasteiger partial charge is 0.453 e. The Hall–Kier alpha value is -3.19. The molecule has 7 nitrogen and oxygen atoms in total. The van der Waals surface area contributed by atoms with Crippen molar-refractivity contribution >= 4 is 23.5 Å². The molecule has 0 saturated heterocycles. The number of carbonyl (C=O) groups excluding carboxylic acids is 3. The van der Waals surface area contributed by atoms with Crippen LogP contribution in [0.4, 0.5) is 5.69 Å². The minimum Gasteiger partial charge on any atom is -0.453 e. The molecule has 0 aliphatic rings. The van der Waals surface area contributed by atoms with Gasteiger partial charge in [0.05, 0.1) is 0 Å². The first-order valence-corrected chi connectivity index (χ1v) is 7.53. The van der Waals surface area contributed by atoms with E-state index in [1.165, 1.54) is 7.05 Å². The fourth-order valence-electron chi connectivity index (χ4n) is 2.03. The number of amides is 2. The molecular formula is C18H18N2O5. The number of aliphatic hydroxyl groups excluding tert-OH is 1. The highest BCUT2D eigenvalue weighted by molar-refractivity contribution is 5.96. The van der Waals surface area contributed by atoms with Gasteiger partial charge in [-0.25, -0.2) is 4.79 Å². The highest BCUT2D eigenvalue weighted by atomic mass is 16.5. The Kier molecular flexibility index (Phi) is 6.25. The minimum absolute atomic E-state index is 0.235. The fourth-order valence-corrected chi connectivity index (χ4v) is 2.03. The zero-order chi connectivity index (χ0) is 18.2. The number of nitrogens with one attached hydrogen (secondary N) is 2. The first-order valence-electron chi connectivity index (χ1n) is 7.53. The molecule has 0 bridgehead atoms. The molecule has 0 unspecified atom stereocenters. The predicted molar refractivity (Wildman–Crippen MR) is 90.8 cm³/mol. The number of anilines is 1. The minimum atomic E-state index is -1.44. The van der Waals surface area contributed by atoms with Crippen molar-refractivity contribution in [2.24, 2.45) is 0 Å². The van der Waals surface area contributed by atoms with E-state index in [1.54, 1.807) is 54.6 Å². The molecule has 130 valence electrons. The molecule has 2 aromatic rings. The van der Waals surface area contributed by atoms with E-state index < -0.39 is 24.6 Å². The van der Waals surface area contributed by atoms with E-state index >= 15 is 0 Å². The van der Waals surface area contributed by atoms with Gasteiger partial charge in [0.1, 0.15) is 0 Å². The van der Waals surface area contributed by atoms with Crippen molar-refractivity contribution in [1.29, 1.82) is 0 Å². The third-order valence-electron chi connectivity index (χ3n) is 3.34. The second-order valence-corrected chi connectivity index (χ2v) is 5.13. The average Bonchev–Trinajstić information content (AvgIpc) is 2.66. The van der Waals surface area contributed by atoms with Crippen molar-refractivity contribution in [3.63, 3.8) is 0 Å². The van der Waals surface area contributed by atoms with Crippen molar-refractivity contribution < 1.29 is 24.2 Å². The van der Waals surface area contributed by atoms with Gasteiger partial charge in [0.2, 0.25) is 0 Å². The number of carbonyl (C=O) groups is 3. The van der Waals surface area contributed by atoms with Crippen LogP contribution in [-0.4, -0.2) is 36.5 Å². The van der Waals surface area contributed by atoms with E-state index in [0.717, 1.165) is 0 Å². The average molecular weight is 342 g/mol. The molecule has 2 rings (SSSR count). The van der Waals surface area contributed by atoms with Gasteiger partial charge in [-0.3, -0.25) is 9.59 Å². The van der Waals surface area contributed by atoms with Crippen LogP contribution in [0.1, 0.15) is 22.0 Å². The normalized spacial score (nSPS) is 11.3. The monoisotopic (exact) mass is 342 g/mol. The van der Waals surface area contributed by atoms with Gasteiger partial charge in [0.15, 0.2) is 12.7 Å². The summed E-state index contributed by atoms with van der Waals surface area (Å²) in [6, 6.07) is 14.5. The third kappa shape index (κ3) is 5.15. The number of rotatable bonds is 6. The fraction of sp³-hybridized carbons (Fsp3) is 0.167. The van der Waals surface area contributed by atoms with Crippen LogP contribution in [0.25, 0.3) is 0 Å². The molecule has 2 amide bonds. The van der Waals surface area contributed by atoms with E-state index in [4.69, 9.17) is 4.74 Å². The lowest BCUT2D eigenvalue weighted by atomic mass is 10.1. The summed E-state index contributed by atoms with van der Waals surface area (Å²) in [4.78, 5) is 35.0. The van der Waals surface area contributed by atoms with Crippen LogP contribution in [0.2, 0.25) is 0 Å². The van der Waals surface area contributed by atoms with Gasteiger partial charge in [-0.15, -0.1) is 0 Å². The molecule has 1 atom stereocenters. The lowest BCUT2D eigenvalue weighted by molar-refractivity contribution is -0.156. The van der Waals surface area contributed by atoms with E-state index in [9.17, 15) is 19.5 Å². The summed E-state index contributed by atoms with van der Waals surface area (Å²) in [6.45, 7) is -0.528. The Morgan fingerprint density at radius 2 is 1.68 bits per heavy atom. The van der Waals surface area contributed by atoms with Crippen molar-refractivity contribution in [3.05, 3.63) is 65.7 Å². The second-order valence-electron chi connectivity index (χ2n) is 5.13. The topological polar surface area (TPSA) is 105 Å². The molecule has 0 saturated carbocycles. The predicted octanol–water partition coefficient (Wildman–Crippen LogP) is 1.26. The van der Waals surface area contributed by atoms with E-state index in [1.807, 2.05) is 0 Å². The van der Waals surface area contributed by atoms with Gasteiger partial charge in [0.25, 0.3) is 11.8 Å². The zero-order valence-electron chi connectivity index (χ0n) is 13.6. The summed E-state index contributed by atoms with van der Waals surface area (Å²) >= 11 is 0. The third-order valence-corrected chi connectivity index (χ3v) is 3.34. The number of esters is 1. The highest BCUT2D eigenvalue weighted by Crippen LogP contribution is 2.14. The van der Waals surface area contributed by atoms with Crippen molar-refractivity contribution in [2.45, 2.75) is 6.10 Å². The Bertz CT molecular complexity index is 744. The lowest BCUT2D eigenvalue weighted by Crippen LogP contribution is -2.24. The molecule has 0 heterocycles. The molecule has 2 aromatic carbocycles. The number of aliphatic hydroxyl groups is 1. The van der Waals surface area contributed by atoms with Crippen LogP contribution in [0.5, 0.6) is 0 Å². The summed E-state index contributed by atoms with van der Waals surface area (Å²) in [5.74, 6) is -1.70. The highest BCUT2D eigenvalue weighted by Gasteiger charge is 2.19. The summed E-state index contributed by atoms with van der Waals surface area (Å²) in [5.41, 5.74) is 1.30. The van der Waals surface area contributed by atoms with Gasteiger partial charge >= 0.3 is 5.97 Å². The van der Waals surface area contributed by atoms with Crippen molar-refractivity contribution in [1.82, 2.24) is 5.32 Å². The molecule has 25 heavy (non-hydrogen) atoms. The Balaban J connectivity index is 1.84. The van der Waals surface area contributed by atoms with Crippen LogP contribution in [-0.2, 0) is 14.3 Å². The summed E-state index contributed by atoms with van der Waals surface area (Å²) < 4.78 is 4.81. The van der Waals surface area contributed by atoms with Gasteiger partial charge in [-0.05, 0) is 29.8 Å². The van der Waals surface area contributed by atoms with Gasteiger partial charge < -0.3 is 20.5 Å². The standard InChI is InChI=1S/C18H18N2O5/c1-19-17(23)13-7-9-14(10-8-13)20-15(21)11-25-18(24)16(22)12-5-3-2-4-6-12/h2-10,16,22H,11H2,1H3,(H,19,23)(H,20,21)/t16-/m0/s1. The lowest BCUT2D eigenvalue weighted by Gasteiger charge is -2.11. The maximum absolute atomic E-state index is 11.8. The number of hydrogen-bond donors (Lipinski definition) is 3. The zero-order valence-corrected chi connectivity index (χ0v) is 13.6. The molecular weight excluding hydrogens is 324 g/mol. The van der Waals surface area contributed by atoms with Crippen LogP contribution in [0.15, 0.2) is 54.6 Å². The smallest absolute Gasteiger partial charge is 0.340 e. The molecule has 0 aromatic heterocycles. The van der Waals surface area contributed by atoms with Crippen LogP contribution in [0, 0.1) is 0 Å². The molecule has 3 N–H and O–H groups in total. The summed E-state index contributed by atoms with van der Waals surface area (Å²) in [5, 5.41) is 14.9. The van der Waals surface area contributed by atoms with Crippen LogP contribution < -0.4 is 10.6 Å². The number of benzene rings is 2. The van der Waals surface area contributed by atoms with Crippen molar-refractivity contribution in [3.8, 4) is 0 Å². The Morgan fingerprint density at radius 1 is 1.04 bits per heavy atom. The van der Waals surface area contributed by atoms with Crippen molar-refractivity contribution in [2.75, 3.05) is 19.0 Å². The molecule has 7 heteroatoms. The number of hydrogen-bond acceptors (Lipinski definition) is 5. The van der Waals surface area contributed by atoms with Gasteiger partial charge in [0, 0.05) is 18.3 Å². The summed E-state index contributed by atoms with van der Waals surface area (Å²) in [7, 11) is 1.52. The quantitative estimate of drug-likeness (QED) is 0.686. The molecule has 0 aliphatic carbocycles. The molecule has 0 radical (unpaired) electrons. The molecule has 0 spiro atoms. The maximum Gasteiger partial charge on any atom is 0.340 e. The Labute approximate surface area is 144 Å². The van der Waals surface area contributed by atoms with E-state index in [2.05, 4.69) is 10.6 Å². The van der Waals surface area contributed by atoms with E-state index in [0.29, 0.717) is 16.8 Å². The molecule has 0 aliphatic heterocycles. The maximum atomic E-state index is 11.8. The van der Waals surface area contributed by atoms with E-state index in [-0.39, 0.29) is 5.91 Å². The summed E-state index contributed by atoms with van der Waals surface area (Å²) in [6.07, 6.45) is -1.44. The Morgan fingerprint density at radius 3 is 2.28 bits per heavy atom. The SMILES string of the molecule is CNC(=O)c1ccc(NC(=O)COC(=O)[C@@H](O)c2ccccc2)cc1. The first kappa shape index (κ1) is 18.2. The first-order chi connectivity index (χ1) is 12.0. The second kappa shape index (κ2) is 8.60. The van der Waals surface area contributed by atoms with Crippen LogP contribution >= 0.6 is 0 Å². The molecule has 0 fully saturated rings. The number of ether oxygens (including phenoxy) is 1. The van der Waals surface area contributed by atoms with Gasteiger partial charge in [-0.2, -0.15) is 0 Å². The van der Waals surface area contributed by atoms with Crippen LogP contribution in [0.3, 0.4) is 0 Å². The van der Waals surface area contributed by atoms with Gasteiger partial charge in [-0.1, -0.05) is 30.3 Å².